The van der Waals surface area contributed by atoms with Crippen molar-refractivity contribution in [3.8, 4) is 5.69 Å². The van der Waals surface area contributed by atoms with Gasteiger partial charge in [-0.25, -0.2) is 18.3 Å². The minimum Gasteiger partial charge on any atom is -0.355 e. The van der Waals surface area contributed by atoms with Gasteiger partial charge in [-0.05, 0) is 63.6 Å². The van der Waals surface area contributed by atoms with Crippen LogP contribution in [0, 0.1) is 0 Å². The molecular formula is C27H27Cl2F2N5O3. The fraction of sp³-hybridized carbons (Fsp3) is 0.333. The van der Waals surface area contributed by atoms with Crippen molar-refractivity contribution in [2.24, 2.45) is 0 Å². The van der Waals surface area contributed by atoms with Crippen LogP contribution in [0.3, 0.4) is 0 Å². The van der Waals surface area contributed by atoms with Crippen molar-refractivity contribution in [3.05, 3.63) is 84.7 Å². The van der Waals surface area contributed by atoms with E-state index in [4.69, 9.17) is 28.2 Å². The van der Waals surface area contributed by atoms with Crippen molar-refractivity contribution < 1.29 is 18.4 Å². The molecule has 0 bridgehead atoms. The Morgan fingerprint density at radius 1 is 1.08 bits per heavy atom. The van der Waals surface area contributed by atoms with Crippen LogP contribution in [-0.4, -0.2) is 45.4 Å². The summed E-state index contributed by atoms with van der Waals surface area (Å²) >= 11 is 12.4. The zero-order chi connectivity index (χ0) is 28.6. The van der Waals surface area contributed by atoms with Gasteiger partial charge in [-0.1, -0.05) is 23.2 Å². The number of anilines is 1. The van der Waals surface area contributed by atoms with Gasteiger partial charge in [0.15, 0.2) is 0 Å². The van der Waals surface area contributed by atoms with Gasteiger partial charge < -0.3 is 15.5 Å². The molecule has 1 atom stereocenters. The molecule has 0 saturated carbocycles. The highest BCUT2D eigenvalue weighted by Crippen LogP contribution is 2.31. The molecule has 1 aliphatic rings. The number of amides is 2. The van der Waals surface area contributed by atoms with Crippen LogP contribution in [0.2, 0.25) is 10.0 Å². The number of aromatic nitrogens is 2. The lowest BCUT2D eigenvalue weighted by Gasteiger charge is -2.35. The number of nitrogens with one attached hydrogen (secondary N) is 2. The molecule has 12 heteroatoms. The van der Waals surface area contributed by atoms with E-state index in [2.05, 4.69) is 10.6 Å². The second kappa shape index (κ2) is 11.3. The second-order valence-electron chi connectivity index (χ2n) is 9.57. The van der Waals surface area contributed by atoms with E-state index in [0.29, 0.717) is 22.5 Å². The van der Waals surface area contributed by atoms with Crippen LogP contribution in [0.15, 0.2) is 41.2 Å². The standard InChI is InChI=1S/C27H27Cl2F2N5O3/c1-13(2)33-27-34-21-12-35(25(38)16-5-7-19(28)17(10-16)23(30)31)14(3)9-18(21)26(39)36(27)22-8-6-15(11-20(22)29)24(37)32-4/h5-8,10-11,13-14,23H,9,12H2,1-4H3,(H,32,37)(H,33,34)/t14-/m1/s1. The topological polar surface area (TPSA) is 96.3 Å². The maximum absolute atomic E-state index is 13.8. The highest BCUT2D eigenvalue weighted by molar-refractivity contribution is 6.33. The van der Waals surface area contributed by atoms with Crippen molar-refractivity contribution in [1.82, 2.24) is 19.8 Å². The van der Waals surface area contributed by atoms with Crippen LogP contribution in [0.1, 0.15) is 64.7 Å². The summed E-state index contributed by atoms with van der Waals surface area (Å²) in [6.45, 7) is 5.55. The third kappa shape index (κ3) is 5.62. The van der Waals surface area contributed by atoms with Crippen molar-refractivity contribution >= 4 is 41.0 Å². The van der Waals surface area contributed by atoms with E-state index >= 15 is 0 Å². The Morgan fingerprint density at radius 2 is 1.77 bits per heavy atom. The number of halogens is 4. The Kier molecular flexibility index (Phi) is 8.27. The van der Waals surface area contributed by atoms with Gasteiger partial charge in [-0.2, -0.15) is 0 Å². The summed E-state index contributed by atoms with van der Waals surface area (Å²) < 4.78 is 28.1. The molecule has 0 unspecified atom stereocenters. The summed E-state index contributed by atoms with van der Waals surface area (Å²) in [4.78, 5) is 45.4. The van der Waals surface area contributed by atoms with E-state index in [9.17, 15) is 23.2 Å². The van der Waals surface area contributed by atoms with Crippen LogP contribution < -0.4 is 16.2 Å². The molecule has 0 saturated heterocycles. The highest BCUT2D eigenvalue weighted by Gasteiger charge is 2.32. The lowest BCUT2D eigenvalue weighted by Crippen LogP contribution is -2.46. The highest BCUT2D eigenvalue weighted by atomic mass is 35.5. The summed E-state index contributed by atoms with van der Waals surface area (Å²) in [6.07, 6.45) is -2.63. The third-order valence-corrected chi connectivity index (χ3v) is 7.10. The van der Waals surface area contributed by atoms with Crippen LogP contribution in [0.5, 0.6) is 0 Å². The first-order chi connectivity index (χ1) is 18.4. The molecule has 0 spiro atoms. The molecule has 2 amide bonds. The van der Waals surface area contributed by atoms with Crippen LogP contribution in [0.4, 0.5) is 14.7 Å². The normalized spacial score (nSPS) is 14.9. The van der Waals surface area contributed by atoms with Gasteiger partial charge in [0.1, 0.15) is 0 Å². The Bertz CT molecular complexity index is 1510. The number of hydrogen-bond donors (Lipinski definition) is 2. The second-order valence-corrected chi connectivity index (χ2v) is 10.4. The minimum absolute atomic E-state index is 0.00810. The quantitative estimate of drug-likeness (QED) is 0.417. The van der Waals surface area contributed by atoms with Crippen molar-refractivity contribution in [2.45, 2.75) is 52.2 Å². The molecule has 0 radical (unpaired) electrons. The fourth-order valence-electron chi connectivity index (χ4n) is 4.49. The molecule has 206 valence electrons. The summed E-state index contributed by atoms with van der Waals surface area (Å²) in [6, 6.07) is 7.87. The van der Waals surface area contributed by atoms with Gasteiger partial charge in [0.25, 0.3) is 23.8 Å². The Morgan fingerprint density at radius 3 is 2.38 bits per heavy atom. The Labute approximate surface area is 233 Å². The van der Waals surface area contributed by atoms with Crippen molar-refractivity contribution in [2.75, 3.05) is 12.4 Å². The predicted octanol–water partition coefficient (Wildman–Crippen LogP) is 5.24. The van der Waals surface area contributed by atoms with Crippen LogP contribution >= 0.6 is 23.2 Å². The number of alkyl halides is 2. The van der Waals surface area contributed by atoms with Gasteiger partial charge in [-0.3, -0.25) is 14.4 Å². The monoisotopic (exact) mass is 577 g/mol. The lowest BCUT2D eigenvalue weighted by atomic mass is 9.98. The molecule has 4 rings (SSSR count). The summed E-state index contributed by atoms with van der Waals surface area (Å²) in [7, 11) is 1.51. The van der Waals surface area contributed by atoms with Gasteiger partial charge >= 0.3 is 0 Å². The van der Waals surface area contributed by atoms with Crippen molar-refractivity contribution in [1.29, 1.82) is 0 Å². The fourth-order valence-corrected chi connectivity index (χ4v) is 4.96. The largest absolute Gasteiger partial charge is 0.355 e. The molecule has 2 aromatic carbocycles. The van der Waals surface area contributed by atoms with Gasteiger partial charge in [0, 0.05) is 46.4 Å². The van der Waals surface area contributed by atoms with Crippen molar-refractivity contribution in [3.63, 3.8) is 0 Å². The van der Waals surface area contributed by atoms with Gasteiger partial charge in [0.05, 0.1) is 22.9 Å². The van der Waals surface area contributed by atoms with E-state index < -0.39 is 23.9 Å². The molecule has 8 nitrogen and oxygen atoms in total. The zero-order valence-corrected chi connectivity index (χ0v) is 23.2. The predicted molar refractivity (Wildman–Crippen MR) is 146 cm³/mol. The summed E-state index contributed by atoms with van der Waals surface area (Å²) in [5.41, 5.74) is 0.785. The smallest absolute Gasteiger partial charge is 0.265 e. The summed E-state index contributed by atoms with van der Waals surface area (Å²) in [5, 5.41) is 5.76. The molecule has 2 N–H and O–H groups in total. The first-order valence-corrected chi connectivity index (χ1v) is 13.0. The molecule has 1 aromatic heterocycles. The first-order valence-electron chi connectivity index (χ1n) is 12.2. The van der Waals surface area contributed by atoms with E-state index in [1.54, 1.807) is 19.1 Å². The summed E-state index contributed by atoms with van der Waals surface area (Å²) in [5.74, 6) is -0.569. The average molecular weight is 578 g/mol. The number of nitrogens with zero attached hydrogens (tertiary/aromatic N) is 3. The molecule has 0 aliphatic carbocycles. The average Bonchev–Trinajstić information content (AvgIpc) is 2.88. The van der Waals surface area contributed by atoms with E-state index in [1.165, 1.54) is 34.7 Å². The van der Waals surface area contributed by atoms with E-state index in [0.717, 1.165) is 6.07 Å². The maximum Gasteiger partial charge on any atom is 0.265 e. The van der Waals surface area contributed by atoms with E-state index in [-0.39, 0.29) is 52.0 Å². The number of benzene rings is 2. The minimum atomic E-state index is -2.83. The Hall–Kier alpha value is -3.50. The number of fused-ring (bicyclic) bond motifs is 1. The van der Waals surface area contributed by atoms with Gasteiger partial charge in [-0.15, -0.1) is 0 Å². The molecular weight excluding hydrogens is 551 g/mol. The van der Waals surface area contributed by atoms with Crippen LogP contribution in [-0.2, 0) is 13.0 Å². The molecule has 1 aliphatic heterocycles. The number of hydrogen-bond acceptors (Lipinski definition) is 5. The number of rotatable bonds is 6. The number of carbonyl (C=O) groups is 2. The first kappa shape index (κ1) is 28.5. The van der Waals surface area contributed by atoms with E-state index in [1.807, 2.05) is 13.8 Å². The zero-order valence-electron chi connectivity index (χ0n) is 21.7. The Balaban J connectivity index is 1.78. The lowest BCUT2D eigenvalue weighted by molar-refractivity contribution is 0.0652. The van der Waals surface area contributed by atoms with Crippen LogP contribution in [0.25, 0.3) is 5.69 Å². The molecule has 2 heterocycles. The number of carbonyl (C=O) groups excluding carboxylic acids is 2. The van der Waals surface area contributed by atoms with Gasteiger partial charge in [0.2, 0.25) is 5.95 Å². The SMILES string of the molecule is CNC(=O)c1ccc(-n2c(NC(C)C)nc3c(c2=O)C[C@@H](C)N(C(=O)c2ccc(Cl)c(C(F)F)c2)C3)c(Cl)c1. The third-order valence-electron chi connectivity index (χ3n) is 6.45. The molecule has 39 heavy (non-hydrogen) atoms. The molecule has 3 aromatic rings. The maximum atomic E-state index is 13.8. The molecule has 0 fully saturated rings.